The van der Waals surface area contributed by atoms with Crippen molar-refractivity contribution in [2.75, 3.05) is 0 Å². The van der Waals surface area contributed by atoms with Crippen LogP contribution in [0.5, 0.6) is 0 Å². The Morgan fingerprint density at radius 1 is 1.67 bits per heavy atom. The molecule has 2 amide bonds. The summed E-state index contributed by atoms with van der Waals surface area (Å²) in [5.74, 6) is -0.299. The molecule has 0 bridgehead atoms. The van der Waals surface area contributed by atoms with Crippen molar-refractivity contribution in [3.05, 3.63) is 0 Å². The summed E-state index contributed by atoms with van der Waals surface area (Å²) in [6.07, 6.45) is 1.15. The van der Waals surface area contributed by atoms with Gasteiger partial charge in [-0.15, -0.1) is 0 Å². The maximum atomic E-state index is 10.7. The Morgan fingerprint density at radius 3 is 2.56 bits per heavy atom. The lowest BCUT2D eigenvalue weighted by Gasteiger charge is -1.96. The highest BCUT2D eigenvalue weighted by molar-refractivity contribution is 6.03. The summed E-state index contributed by atoms with van der Waals surface area (Å²) in [5.41, 5.74) is 0. The molecule has 1 aliphatic heterocycles. The topological polar surface area (TPSA) is 46.2 Å². The fourth-order valence-electron chi connectivity index (χ4n) is 0.937. The lowest BCUT2D eigenvalue weighted by atomic mass is 10.1. The smallest absolute Gasteiger partial charge is 0.230 e. The number of amides is 2. The zero-order valence-corrected chi connectivity index (χ0v) is 5.31. The quantitative estimate of drug-likeness (QED) is 0.506. The summed E-state index contributed by atoms with van der Waals surface area (Å²) in [6.45, 7) is 1.91. The zero-order valence-electron chi connectivity index (χ0n) is 5.31. The van der Waals surface area contributed by atoms with E-state index < -0.39 is 0 Å². The monoisotopic (exact) mass is 127 g/mol. The van der Waals surface area contributed by atoms with Crippen molar-refractivity contribution in [1.82, 2.24) is 5.32 Å². The maximum absolute atomic E-state index is 10.7. The van der Waals surface area contributed by atoms with Crippen LogP contribution in [-0.4, -0.2) is 11.8 Å². The number of carbonyl (C=O) groups is 2. The zero-order chi connectivity index (χ0) is 6.85. The molecule has 50 valence electrons. The molecule has 1 saturated heterocycles. The molecule has 0 saturated carbocycles. The Kier molecular flexibility index (Phi) is 1.51. The van der Waals surface area contributed by atoms with Gasteiger partial charge in [-0.2, -0.15) is 0 Å². The van der Waals surface area contributed by atoms with E-state index in [0.29, 0.717) is 6.42 Å². The molecule has 0 aromatic heterocycles. The van der Waals surface area contributed by atoms with Gasteiger partial charge in [-0.1, -0.05) is 6.92 Å². The highest BCUT2D eigenvalue weighted by atomic mass is 16.2. The molecular weight excluding hydrogens is 118 g/mol. The van der Waals surface area contributed by atoms with E-state index in [2.05, 4.69) is 5.32 Å². The lowest BCUT2D eigenvalue weighted by Crippen LogP contribution is -2.21. The molecular formula is C6H9NO2. The third-order valence-corrected chi connectivity index (χ3v) is 1.56. The first-order chi connectivity index (χ1) is 4.24. The molecule has 3 nitrogen and oxygen atoms in total. The van der Waals surface area contributed by atoms with E-state index >= 15 is 0 Å². The standard InChI is InChI=1S/C6H9NO2/c1-2-4-3-5(8)7-6(4)9/h4H,2-3H2,1H3,(H,7,8,9). The van der Waals surface area contributed by atoms with Crippen molar-refractivity contribution in [2.24, 2.45) is 5.92 Å². The minimum Gasteiger partial charge on any atom is -0.296 e. The van der Waals surface area contributed by atoms with Crippen LogP contribution in [0.2, 0.25) is 0 Å². The van der Waals surface area contributed by atoms with Gasteiger partial charge in [-0.25, -0.2) is 0 Å². The third-order valence-electron chi connectivity index (χ3n) is 1.56. The Bertz CT molecular complexity index is 153. The van der Waals surface area contributed by atoms with Gasteiger partial charge in [0.1, 0.15) is 0 Å². The Balaban J connectivity index is 2.58. The van der Waals surface area contributed by atoms with Crippen molar-refractivity contribution >= 4 is 11.8 Å². The molecule has 1 unspecified atom stereocenters. The van der Waals surface area contributed by atoms with Crippen molar-refractivity contribution in [3.8, 4) is 0 Å². The lowest BCUT2D eigenvalue weighted by molar-refractivity contribution is -0.125. The number of nitrogens with one attached hydrogen (secondary N) is 1. The van der Waals surface area contributed by atoms with Crippen molar-refractivity contribution in [2.45, 2.75) is 19.8 Å². The van der Waals surface area contributed by atoms with Crippen LogP contribution in [0, 0.1) is 5.92 Å². The number of hydrogen-bond donors (Lipinski definition) is 1. The summed E-state index contributed by atoms with van der Waals surface area (Å²) in [7, 11) is 0. The SMILES string of the molecule is CCC1CC(=O)NC1=O. The van der Waals surface area contributed by atoms with Gasteiger partial charge in [0, 0.05) is 12.3 Å². The van der Waals surface area contributed by atoms with Crippen molar-refractivity contribution in [1.29, 1.82) is 0 Å². The maximum Gasteiger partial charge on any atom is 0.230 e. The van der Waals surface area contributed by atoms with Gasteiger partial charge in [0.2, 0.25) is 11.8 Å². The number of hydrogen-bond acceptors (Lipinski definition) is 2. The molecule has 1 atom stereocenters. The van der Waals surface area contributed by atoms with E-state index in [0.717, 1.165) is 6.42 Å². The van der Waals surface area contributed by atoms with E-state index in [1.165, 1.54) is 0 Å². The van der Waals surface area contributed by atoms with Crippen LogP contribution >= 0.6 is 0 Å². The van der Waals surface area contributed by atoms with Crippen LogP contribution in [0.15, 0.2) is 0 Å². The fraction of sp³-hybridized carbons (Fsp3) is 0.667. The van der Waals surface area contributed by atoms with Gasteiger partial charge < -0.3 is 0 Å². The molecule has 1 heterocycles. The van der Waals surface area contributed by atoms with E-state index in [1.807, 2.05) is 6.92 Å². The van der Waals surface area contributed by atoms with Crippen LogP contribution in [0.25, 0.3) is 0 Å². The fourth-order valence-corrected chi connectivity index (χ4v) is 0.937. The first-order valence-corrected chi connectivity index (χ1v) is 3.07. The summed E-state index contributed by atoms with van der Waals surface area (Å²) in [5, 5.41) is 2.24. The van der Waals surface area contributed by atoms with Gasteiger partial charge in [0.05, 0.1) is 0 Å². The molecule has 1 rings (SSSR count). The largest absolute Gasteiger partial charge is 0.296 e. The van der Waals surface area contributed by atoms with Gasteiger partial charge in [0.25, 0.3) is 0 Å². The third kappa shape index (κ3) is 1.09. The minimum atomic E-state index is -0.133. The molecule has 1 fully saturated rings. The Labute approximate surface area is 53.4 Å². The second-order valence-corrected chi connectivity index (χ2v) is 2.22. The van der Waals surface area contributed by atoms with Gasteiger partial charge in [-0.3, -0.25) is 14.9 Å². The summed E-state index contributed by atoms with van der Waals surface area (Å²) in [6, 6.07) is 0. The molecule has 3 heteroatoms. The predicted octanol–water partition coefficient (Wildman–Crippen LogP) is 0.0591. The van der Waals surface area contributed by atoms with E-state index in [9.17, 15) is 9.59 Å². The van der Waals surface area contributed by atoms with Crippen LogP contribution in [-0.2, 0) is 9.59 Å². The Morgan fingerprint density at radius 2 is 2.33 bits per heavy atom. The second-order valence-electron chi connectivity index (χ2n) is 2.22. The van der Waals surface area contributed by atoms with Gasteiger partial charge >= 0.3 is 0 Å². The van der Waals surface area contributed by atoms with Crippen LogP contribution in [0.3, 0.4) is 0 Å². The van der Waals surface area contributed by atoms with Crippen LogP contribution in [0.1, 0.15) is 19.8 Å². The average Bonchev–Trinajstić information content (AvgIpc) is 2.10. The molecule has 0 aromatic rings. The average molecular weight is 127 g/mol. The van der Waals surface area contributed by atoms with E-state index in [-0.39, 0.29) is 17.7 Å². The molecule has 0 aliphatic carbocycles. The highest BCUT2D eigenvalue weighted by Gasteiger charge is 2.28. The summed E-state index contributed by atoms with van der Waals surface area (Å²) >= 11 is 0. The predicted molar refractivity (Wildman–Crippen MR) is 31.5 cm³/mol. The Hall–Kier alpha value is -0.860. The molecule has 1 N–H and O–H groups in total. The normalized spacial score (nSPS) is 26.6. The first-order valence-electron chi connectivity index (χ1n) is 3.07. The molecule has 0 spiro atoms. The second kappa shape index (κ2) is 2.17. The minimum absolute atomic E-state index is 0.0579. The van der Waals surface area contributed by atoms with Crippen LogP contribution < -0.4 is 5.32 Å². The van der Waals surface area contributed by atoms with Crippen LogP contribution in [0.4, 0.5) is 0 Å². The van der Waals surface area contributed by atoms with Crippen molar-refractivity contribution < 1.29 is 9.59 Å². The first kappa shape index (κ1) is 6.26. The summed E-state index contributed by atoms with van der Waals surface area (Å²) < 4.78 is 0. The molecule has 1 aliphatic rings. The molecule has 0 radical (unpaired) electrons. The summed E-state index contributed by atoms with van der Waals surface area (Å²) in [4.78, 5) is 21.2. The van der Waals surface area contributed by atoms with Crippen molar-refractivity contribution in [3.63, 3.8) is 0 Å². The highest BCUT2D eigenvalue weighted by Crippen LogP contribution is 2.13. The number of imide groups is 1. The molecule has 9 heavy (non-hydrogen) atoms. The van der Waals surface area contributed by atoms with E-state index in [1.54, 1.807) is 0 Å². The van der Waals surface area contributed by atoms with E-state index in [4.69, 9.17) is 0 Å². The van der Waals surface area contributed by atoms with Gasteiger partial charge in [0.15, 0.2) is 0 Å². The number of carbonyl (C=O) groups excluding carboxylic acids is 2. The number of rotatable bonds is 1. The molecule has 0 aromatic carbocycles. The van der Waals surface area contributed by atoms with Gasteiger partial charge in [-0.05, 0) is 6.42 Å².